The highest BCUT2D eigenvalue weighted by molar-refractivity contribution is 6.03. The van der Waals surface area contributed by atoms with Crippen molar-refractivity contribution in [3.05, 3.63) is 59.3 Å². The average molecular weight is 419 g/mol. The zero-order valence-corrected chi connectivity index (χ0v) is 17.4. The summed E-state index contributed by atoms with van der Waals surface area (Å²) in [6.45, 7) is 2.10. The fourth-order valence-corrected chi connectivity index (χ4v) is 4.65. The summed E-state index contributed by atoms with van der Waals surface area (Å²) in [7, 11) is 2.01. The van der Waals surface area contributed by atoms with Gasteiger partial charge in [-0.25, -0.2) is 0 Å². The Labute approximate surface area is 179 Å². The lowest BCUT2D eigenvalue weighted by molar-refractivity contribution is -0.119. The first-order valence-corrected chi connectivity index (χ1v) is 10.4. The quantitative estimate of drug-likeness (QED) is 0.518. The van der Waals surface area contributed by atoms with Gasteiger partial charge in [-0.2, -0.15) is 0 Å². The van der Waals surface area contributed by atoms with E-state index in [-0.39, 0.29) is 12.1 Å². The van der Waals surface area contributed by atoms with E-state index in [9.17, 15) is 14.7 Å². The lowest BCUT2D eigenvalue weighted by Crippen LogP contribution is -2.51. The Bertz CT molecular complexity index is 1200. The number of nitrogens with two attached hydrogens (primary N) is 1. The molecule has 2 amide bonds. The van der Waals surface area contributed by atoms with Crippen LogP contribution in [-0.4, -0.2) is 52.5 Å². The molecule has 5 N–H and O–H groups in total. The van der Waals surface area contributed by atoms with Crippen LogP contribution in [0.15, 0.2) is 42.5 Å². The maximum absolute atomic E-state index is 13.1. The van der Waals surface area contributed by atoms with E-state index in [2.05, 4.69) is 15.2 Å². The van der Waals surface area contributed by atoms with Gasteiger partial charge in [0.15, 0.2) is 0 Å². The van der Waals surface area contributed by atoms with Crippen LogP contribution in [0.4, 0.5) is 11.4 Å². The predicted molar refractivity (Wildman–Crippen MR) is 119 cm³/mol. The third-order valence-electron chi connectivity index (χ3n) is 6.33. The topological polar surface area (TPSA) is 115 Å². The number of aromatic nitrogens is 1. The molecule has 3 atom stereocenters. The first-order chi connectivity index (χ1) is 14.9. The summed E-state index contributed by atoms with van der Waals surface area (Å²) >= 11 is 0. The number of nitrogens with one attached hydrogen (secondary N) is 2. The Kier molecular flexibility index (Phi) is 4.49. The van der Waals surface area contributed by atoms with Crippen LogP contribution in [0.5, 0.6) is 0 Å². The van der Waals surface area contributed by atoms with Gasteiger partial charge in [0.2, 0.25) is 5.91 Å². The molecule has 3 heterocycles. The molecule has 0 aliphatic carbocycles. The van der Waals surface area contributed by atoms with E-state index in [1.807, 2.05) is 48.3 Å². The summed E-state index contributed by atoms with van der Waals surface area (Å²) in [5.41, 5.74) is 11.1. The molecule has 3 unspecified atom stereocenters. The van der Waals surface area contributed by atoms with Gasteiger partial charge in [-0.1, -0.05) is 12.1 Å². The van der Waals surface area contributed by atoms with Crippen molar-refractivity contribution in [3.63, 3.8) is 0 Å². The molecule has 2 aliphatic rings. The second kappa shape index (κ2) is 7.11. The maximum atomic E-state index is 13.1. The van der Waals surface area contributed by atoms with Gasteiger partial charge < -0.3 is 30.9 Å². The first kappa shape index (κ1) is 19.6. The van der Waals surface area contributed by atoms with Gasteiger partial charge in [-0.3, -0.25) is 9.59 Å². The zero-order chi connectivity index (χ0) is 21.9. The highest BCUT2D eigenvalue weighted by atomic mass is 16.3. The van der Waals surface area contributed by atoms with Crippen LogP contribution in [0.1, 0.15) is 34.7 Å². The molecule has 160 valence electrons. The summed E-state index contributed by atoms with van der Waals surface area (Å²) < 4.78 is 0. The van der Waals surface area contributed by atoms with E-state index in [0.29, 0.717) is 12.2 Å². The van der Waals surface area contributed by atoms with Gasteiger partial charge in [0.1, 0.15) is 12.2 Å². The van der Waals surface area contributed by atoms with E-state index < -0.39 is 18.1 Å². The molecule has 5 rings (SSSR count). The van der Waals surface area contributed by atoms with Crippen molar-refractivity contribution >= 4 is 34.1 Å². The van der Waals surface area contributed by atoms with Crippen LogP contribution in [0, 0.1) is 0 Å². The minimum atomic E-state index is -0.994. The normalized spacial score (nSPS) is 19.5. The first-order valence-electron chi connectivity index (χ1n) is 10.4. The highest BCUT2D eigenvalue weighted by Crippen LogP contribution is 2.43. The van der Waals surface area contributed by atoms with Crippen molar-refractivity contribution in [2.75, 3.05) is 23.8 Å². The molecule has 3 aromatic rings. The van der Waals surface area contributed by atoms with Gasteiger partial charge in [-0.15, -0.1) is 0 Å². The fourth-order valence-electron chi connectivity index (χ4n) is 4.65. The zero-order valence-electron chi connectivity index (χ0n) is 17.4. The summed E-state index contributed by atoms with van der Waals surface area (Å²) in [4.78, 5) is 32.9. The van der Waals surface area contributed by atoms with E-state index in [1.54, 1.807) is 6.07 Å². The number of anilines is 2. The smallest absolute Gasteiger partial charge is 0.257 e. The Morgan fingerprint density at radius 3 is 2.84 bits per heavy atom. The van der Waals surface area contributed by atoms with E-state index in [1.165, 1.54) is 6.92 Å². The molecule has 1 aromatic heterocycles. The Balaban J connectivity index is 1.54. The molecule has 0 radical (unpaired) electrons. The molecule has 8 nitrogen and oxygen atoms in total. The monoisotopic (exact) mass is 419 g/mol. The van der Waals surface area contributed by atoms with E-state index in [0.717, 1.165) is 39.8 Å². The summed E-state index contributed by atoms with van der Waals surface area (Å²) in [6, 6.07) is 12.3. The average Bonchev–Trinajstić information content (AvgIpc) is 3.14. The predicted octanol–water partition coefficient (Wildman–Crippen LogP) is 1.96. The Hall–Kier alpha value is -3.36. The van der Waals surface area contributed by atoms with Crippen LogP contribution in [0.2, 0.25) is 0 Å². The molecule has 8 heteroatoms. The van der Waals surface area contributed by atoms with Crippen LogP contribution in [0.3, 0.4) is 0 Å². The SMILES string of the molecule is CC(O)C(N)C(=O)Nc1ccc2[nH]c3c(c2c1)CCN1C(=O)c2ccccc2N(C)C31. The third kappa shape index (κ3) is 2.98. The number of hydrogen-bond acceptors (Lipinski definition) is 5. The van der Waals surface area contributed by atoms with Crippen molar-refractivity contribution in [2.45, 2.75) is 31.7 Å². The van der Waals surface area contributed by atoms with Gasteiger partial charge in [0.25, 0.3) is 5.91 Å². The molecule has 0 saturated carbocycles. The number of amides is 2. The van der Waals surface area contributed by atoms with Crippen molar-refractivity contribution in [3.8, 4) is 0 Å². The van der Waals surface area contributed by atoms with Crippen molar-refractivity contribution in [1.29, 1.82) is 0 Å². The van der Waals surface area contributed by atoms with Gasteiger partial charge in [0, 0.05) is 30.2 Å². The number of H-pyrrole nitrogens is 1. The summed E-state index contributed by atoms with van der Waals surface area (Å²) in [5.74, 6) is -0.387. The third-order valence-corrected chi connectivity index (χ3v) is 6.33. The molecule has 0 fully saturated rings. The largest absolute Gasteiger partial charge is 0.391 e. The number of aromatic amines is 1. The second-order valence-electron chi connectivity index (χ2n) is 8.28. The summed E-state index contributed by atoms with van der Waals surface area (Å²) in [5, 5.41) is 13.4. The number of nitrogens with zero attached hydrogens (tertiary/aromatic N) is 2. The Morgan fingerprint density at radius 2 is 2.06 bits per heavy atom. The number of hydrogen-bond donors (Lipinski definition) is 4. The molecule has 0 spiro atoms. The minimum absolute atomic E-state index is 0.0445. The number of benzene rings is 2. The van der Waals surface area contributed by atoms with Crippen molar-refractivity contribution in [2.24, 2.45) is 5.73 Å². The number of rotatable bonds is 3. The Morgan fingerprint density at radius 1 is 1.29 bits per heavy atom. The van der Waals surface area contributed by atoms with Crippen LogP contribution in [0.25, 0.3) is 10.9 Å². The molecule has 0 saturated heterocycles. The van der Waals surface area contributed by atoms with Gasteiger partial charge >= 0.3 is 0 Å². The maximum Gasteiger partial charge on any atom is 0.257 e. The lowest BCUT2D eigenvalue weighted by atomic mass is 9.96. The van der Waals surface area contributed by atoms with Crippen LogP contribution >= 0.6 is 0 Å². The lowest BCUT2D eigenvalue weighted by Gasteiger charge is -2.46. The number of para-hydroxylation sites is 1. The van der Waals surface area contributed by atoms with Crippen LogP contribution < -0.4 is 16.0 Å². The molecular weight excluding hydrogens is 394 g/mol. The fraction of sp³-hybridized carbons (Fsp3) is 0.304. The van der Waals surface area contributed by atoms with Crippen molar-refractivity contribution < 1.29 is 14.7 Å². The van der Waals surface area contributed by atoms with E-state index >= 15 is 0 Å². The number of aliphatic hydroxyl groups excluding tert-OH is 1. The molecule has 0 bridgehead atoms. The minimum Gasteiger partial charge on any atom is -0.391 e. The summed E-state index contributed by atoms with van der Waals surface area (Å²) in [6.07, 6.45) is -0.421. The second-order valence-corrected chi connectivity index (χ2v) is 8.28. The molecule has 31 heavy (non-hydrogen) atoms. The highest BCUT2D eigenvalue weighted by Gasteiger charge is 2.41. The van der Waals surface area contributed by atoms with Crippen LogP contribution in [-0.2, 0) is 11.2 Å². The molecule has 2 aromatic carbocycles. The number of aliphatic hydroxyl groups is 1. The van der Waals surface area contributed by atoms with Gasteiger partial charge in [-0.05, 0) is 49.2 Å². The standard InChI is InChI=1S/C23H25N5O3/c1-12(29)19(24)21(30)25-13-7-8-17-16(11-13)14-9-10-28-22(20(14)26-17)27(2)18-6-4-3-5-15(18)23(28)31/h3-8,11-12,19,22,26,29H,9-10,24H2,1-2H3,(H,25,30). The number of fused-ring (bicyclic) bond motifs is 6. The van der Waals surface area contributed by atoms with E-state index in [4.69, 9.17) is 5.73 Å². The van der Waals surface area contributed by atoms with Crippen molar-refractivity contribution in [1.82, 2.24) is 9.88 Å². The number of carbonyl (C=O) groups is 2. The molecule has 2 aliphatic heterocycles. The molecular formula is C23H25N5O3. The number of carbonyl (C=O) groups excluding carboxylic acids is 2. The van der Waals surface area contributed by atoms with Gasteiger partial charge in [0.05, 0.1) is 23.0 Å².